The summed E-state index contributed by atoms with van der Waals surface area (Å²) in [6.07, 6.45) is 3.76. The van der Waals surface area contributed by atoms with Crippen molar-refractivity contribution in [2.45, 2.75) is 24.9 Å². The van der Waals surface area contributed by atoms with Crippen LogP contribution in [0.1, 0.15) is 44.7 Å². The van der Waals surface area contributed by atoms with E-state index in [2.05, 4.69) is 0 Å². The normalized spacial score (nSPS) is 22.6. The Morgan fingerprint density at radius 2 is 1.59 bits per heavy atom. The van der Waals surface area contributed by atoms with Crippen LogP contribution < -0.4 is 14.4 Å². The summed E-state index contributed by atoms with van der Waals surface area (Å²) < 4.78 is 11.0. The van der Waals surface area contributed by atoms with Gasteiger partial charge in [0.1, 0.15) is 5.41 Å². The summed E-state index contributed by atoms with van der Waals surface area (Å²) in [5.74, 6) is -0.478. The predicted molar refractivity (Wildman–Crippen MR) is 141 cm³/mol. The number of benzene rings is 3. The number of ether oxygens (including phenoxy) is 2. The van der Waals surface area contributed by atoms with Gasteiger partial charge in [-0.3, -0.25) is 14.4 Å². The molecule has 186 valence electrons. The number of Topliss-reactive ketones (excluding diaryl/α,β-unsaturated/α-hetero) is 3. The van der Waals surface area contributed by atoms with Crippen molar-refractivity contribution in [1.82, 2.24) is 0 Å². The standard InChI is InChI=1S/C30H24ClNO5/c1-16(33)27-26(18-8-12-23(36-2)24(15-18)37-3)30(28(34)20-6-4-5-7-21(20)29(30)35)25-13-9-17-14-19(31)10-11-22(17)32(25)27/h4-15,25-27H,1-3H3/t25-,26-,27-/m1/s1. The van der Waals surface area contributed by atoms with E-state index in [1.54, 1.807) is 49.6 Å². The average molecular weight is 514 g/mol. The monoisotopic (exact) mass is 513 g/mol. The van der Waals surface area contributed by atoms with Gasteiger partial charge in [-0.1, -0.05) is 54.1 Å². The molecule has 0 radical (unpaired) electrons. The van der Waals surface area contributed by atoms with Gasteiger partial charge in [-0.05, 0) is 48.4 Å². The van der Waals surface area contributed by atoms with E-state index < -0.39 is 23.4 Å². The Kier molecular flexibility index (Phi) is 5.28. The maximum absolute atomic E-state index is 14.4. The van der Waals surface area contributed by atoms with Crippen LogP contribution in [-0.2, 0) is 4.79 Å². The molecule has 1 saturated heterocycles. The van der Waals surface area contributed by atoms with Crippen LogP contribution in [0.2, 0.25) is 5.02 Å². The Hall–Kier alpha value is -3.90. The third-order valence-corrected chi connectivity index (χ3v) is 8.18. The second kappa shape index (κ2) is 8.32. The number of carbonyl (C=O) groups is 3. The number of fused-ring (bicyclic) bond motifs is 5. The van der Waals surface area contributed by atoms with Crippen LogP contribution in [0.3, 0.4) is 0 Å². The SMILES string of the molecule is COc1ccc([C@@H]2[C@@H](C(C)=O)N3c4ccc(Cl)cc4C=C[C@@H]3C23C(=O)c2ccccc2C3=O)cc1OC. The van der Waals surface area contributed by atoms with E-state index in [1.165, 1.54) is 14.0 Å². The molecule has 0 aromatic heterocycles. The second-order valence-electron chi connectivity index (χ2n) is 9.63. The van der Waals surface area contributed by atoms with Gasteiger partial charge in [-0.15, -0.1) is 0 Å². The molecule has 1 fully saturated rings. The van der Waals surface area contributed by atoms with E-state index in [9.17, 15) is 14.4 Å². The van der Waals surface area contributed by atoms with Gasteiger partial charge in [0, 0.05) is 27.8 Å². The first kappa shape index (κ1) is 23.5. The van der Waals surface area contributed by atoms with Crippen molar-refractivity contribution in [3.8, 4) is 11.5 Å². The van der Waals surface area contributed by atoms with Crippen molar-refractivity contribution in [3.63, 3.8) is 0 Å². The highest BCUT2D eigenvalue weighted by Crippen LogP contribution is 2.61. The number of anilines is 1. The van der Waals surface area contributed by atoms with E-state index in [1.807, 2.05) is 35.3 Å². The molecule has 0 N–H and O–H groups in total. The van der Waals surface area contributed by atoms with E-state index in [0.29, 0.717) is 33.2 Å². The minimum atomic E-state index is -1.53. The topological polar surface area (TPSA) is 72.9 Å². The first-order chi connectivity index (χ1) is 17.8. The Morgan fingerprint density at radius 1 is 0.919 bits per heavy atom. The summed E-state index contributed by atoms with van der Waals surface area (Å²) in [6, 6.07) is 16.2. The Balaban J connectivity index is 1.67. The van der Waals surface area contributed by atoms with Gasteiger partial charge in [-0.2, -0.15) is 0 Å². The molecule has 0 unspecified atom stereocenters. The predicted octanol–water partition coefficient (Wildman–Crippen LogP) is 5.38. The molecule has 6 rings (SSSR count). The molecule has 3 aromatic rings. The summed E-state index contributed by atoms with van der Waals surface area (Å²) in [5, 5.41) is 0.562. The zero-order valence-electron chi connectivity index (χ0n) is 20.5. The second-order valence-corrected chi connectivity index (χ2v) is 10.1. The molecule has 1 spiro atoms. The molecule has 0 amide bonds. The zero-order valence-corrected chi connectivity index (χ0v) is 21.3. The number of hydrogen-bond acceptors (Lipinski definition) is 6. The van der Waals surface area contributed by atoms with Crippen molar-refractivity contribution in [3.05, 3.63) is 94.0 Å². The van der Waals surface area contributed by atoms with Crippen LogP contribution in [0, 0.1) is 5.41 Å². The number of nitrogens with zero attached hydrogens (tertiary/aromatic N) is 1. The number of methoxy groups -OCH3 is 2. The van der Waals surface area contributed by atoms with Gasteiger partial charge in [0.15, 0.2) is 28.8 Å². The van der Waals surface area contributed by atoms with Crippen molar-refractivity contribution in [2.75, 3.05) is 19.1 Å². The van der Waals surface area contributed by atoms with Gasteiger partial charge in [-0.25, -0.2) is 0 Å². The fourth-order valence-electron chi connectivity index (χ4n) is 6.52. The number of ketones is 3. The highest BCUT2D eigenvalue weighted by Gasteiger charge is 2.71. The molecule has 2 aliphatic heterocycles. The van der Waals surface area contributed by atoms with Gasteiger partial charge in [0.05, 0.1) is 26.3 Å². The van der Waals surface area contributed by atoms with E-state index in [-0.39, 0.29) is 17.3 Å². The number of hydrogen-bond donors (Lipinski definition) is 0. The quantitative estimate of drug-likeness (QED) is 0.436. The van der Waals surface area contributed by atoms with Gasteiger partial charge in [0.25, 0.3) is 0 Å². The molecule has 37 heavy (non-hydrogen) atoms. The number of carbonyl (C=O) groups excluding carboxylic acids is 3. The van der Waals surface area contributed by atoms with E-state index in [0.717, 1.165) is 11.3 Å². The van der Waals surface area contributed by atoms with Crippen LogP contribution >= 0.6 is 11.6 Å². The Morgan fingerprint density at radius 3 is 2.22 bits per heavy atom. The van der Waals surface area contributed by atoms with Crippen molar-refractivity contribution >= 4 is 40.7 Å². The number of rotatable bonds is 4. The zero-order chi connectivity index (χ0) is 26.1. The third kappa shape index (κ3) is 3.02. The van der Waals surface area contributed by atoms with Gasteiger partial charge in [0.2, 0.25) is 0 Å². The lowest BCUT2D eigenvalue weighted by Crippen LogP contribution is -2.48. The molecule has 6 nitrogen and oxygen atoms in total. The van der Waals surface area contributed by atoms with Crippen LogP contribution in [0.25, 0.3) is 6.08 Å². The smallest absolute Gasteiger partial charge is 0.180 e. The largest absolute Gasteiger partial charge is 0.493 e. The summed E-state index contributed by atoms with van der Waals surface area (Å²) in [7, 11) is 3.07. The lowest BCUT2D eigenvalue weighted by Gasteiger charge is -2.37. The van der Waals surface area contributed by atoms with Crippen molar-refractivity contribution in [2.24, 2.45) is 5.41 Å². The van der Waals surface area contributed by atoms with Crippen LogP contribution in [0.5, 0.6) is 11.5 Å². The van der Waals surface area contributed by atoms with E-state index >= 15 is 0 Å². The van der Waals surface area contributed by atoms with Crippen LogP contribution in [0.15, 0.2) is 66.7 Å². The lowest BCUT2D eigenvalue weighted by molar-refractivity contribution is -0.118. The van der Waals surface area contributed by atoms with Crippen molar-refractivity contribution in [1.29, 1.82) is 0 Å². The fraction of sp³-hybridized carbons (Fsp3) is 0.233. The fourth-order valence-corrected chi connectivity index (χ4v) is 6.70. The first-order valence-corrected chi connectivity index (χ1v) is 12.4. The Bertz CT molecular complexity index is 1490. The molecule has 3 aliphatic rings. The summed E-state index contributed by atoms with van der Waals surface area (Å²) in [4.78, 5) is 44.3. The van der Waals surface area contributed by atoms with Gasteiger partial charge >= 0.3 is 0 Å². The molecule has 0 bridgehead atoms. The molecule has 3 aromatic carbocycles. The summed E-state index contributed by atoms with van der Waals surface area (Å²) in [5.41, 5.74) is 1.48. The summed E-state index contributed by atoms with van der Waals surface area (Å²) >= 11 is 6.28. The first-order valence-electron chi connectivity index (χ1n) is 12.0. The van der Waals surface area contributed by atoms with E-state index in [4.69, 9.17) is 21.1 Å². The number of halogens is 1. The highest BCUT2D eigenvalue weighted by atomic mass is 35.5. The highest BCUT2D eigenvalue weighted by molar-refractivity contribution is 6.32. The molecular formula is C30H24ClNO5. The maximum Gasteiger partial charge on any atom is 0.180 e. The third-order valence-electron chi connectivity index (χ3n) is 7.95. The molecule has 7 heteroatoms. The molecule has 0 saturated carbocycles. The van der Waals surface area contributed by atoms with Crippen LogP contribution in [-0.4, -0.2) is 43.7 Å². The summed E-state index contributed by atoms with van der Waals surface area (Å²) in [6.45, 7) is 1.51. The molecular weight excluding hydrogens is 490 g/mol. The average Bonchev–Trinajstić information content (AvgIpc) is 3.34. The van der Waals surface area contributed by atoms with Crippen molar-refractivity contribution < 1.29 is 23.9 Å². The maximum atomic E-state index is 14.4. The lowest BCUT2D eigenvalue weighted by atomic mass is 9.64. The minimum absolute atomic E-state index is 0.144. The Labute approximate surface area is 219 Å². The molecule has 2 heterocycles. The molecule has 3 atom stereocenters. The van der Waals surface area contributed by atoms with Crippen LogP contribution in [0.4, 0.5) is 5.69 Å². The van der Waals surface area contributed by atoms with Gasteiger partial charge < -0.3 is 14.4 Å². The minimum Gasteiger partial charge on any atom is -0.493 e. The molecule has 1 aliphatic carbocycles.